The Hall–Kier alpha value is -1.38. The molecule has 0 aliphatic rings. The van der Waals surface area contributed by atoms with Gasteiger partial charge in [0, 0.05) is 6.07 Å². The Morgan fingerprint density at radius 2 is 1.95 bits per heavy atom. The molecule has 1 aromatic rings. The van der Waals surface area contributed by atoms with Crippen LogP contribution in [-0.4, -0.2) is 36.7 Å². The molecular formula is C12H19NO6S. The van der Waals surface area contributed by atoms with Crippen LogP contribution in [-0.2, 0) is 10.0 Å². The van der Waals surface area contributed by atoms with Crippen LogP contribution < -0.4 is 4.72 Å². The van der Waals surface area contributed by atoms with Gasteiger partial charge in [-0.15, -0.1) is 0 Å². The molecule has 0 atom stereocenters. The minimum Gasteiger partial charge on any atom is -0.475 e. The lowest BCUT2D eigenvalue weighted by molar-refractivity contribution is 0.0661. The average molecular weight is 305 g/mol. The maximum absolute atomic E-state index is 12.3. The van der Waals surface area contributed by atoms with Crippen molar-refractivity contribution >= 4 is 16.0 Å². The second kappa shape index (κ2) is 5.94. The Balaban J connectivity index is 3.20. The molecule has 0 unspecified atom stereocenters. The van der Waals surface area contributed by atoms with Crippen molar-refractivity contribution in [1.29, 1.82) is 0 Å². The fraction of sp³-hybridized carbons (Fsp3) is 0.583. The van der Waals surface area contributed by atoms with Crippen LogP contribution >= 0.6 is 0 Å². The van der Waals surface area contributed by atoms with E-state index in [1.54, 1.807) is 13.8 Å². The summed E-state index contributed by atoms with van der Waals surface area (Å²) in [4.78, 5) is 10.6. The van der Waals surface area contributed by atoms with Crippen LogP contribution in [0.5, 0.6) is 0 Å². The summed E-state index contributed by atoms with van der Waals surface area (Å²) in [7, 11) is -3.96. The van der Waals surface area contributed by atoms with E-state index < -0.39 is 27.3 Å². The van der Waals surface area contributed by atoms with E-state index in [0.717, 1.165) is 6.07 Å². The lowest BCUT2D eigenvalue weighted by Crippen LogP contribution is -2.50. The number of aryl methyl sites for hydroxylation is 1. The minimum absolute atomic E-state index is 0.00561. The van der Waals surface area contributed by atoms with Crippen molar-refractivity contribution in [1.82, 2.24) is 4.72 Å². The number of carbonyl (C=O) groups is 1. The molecule has 1 heterocycles. The first-order valence-corrected chi connectivity index (χ1v) is 7.68. The molecule has 0 bridgehead atoms. The maximum Gasteiger partial charge on any atom is 0.371 e. The van der Waals surface area contributed by atoms with Crippen molar-refractivity contribution < 1.29 is 27.8 Å². The van der Waals surface area contributed by atoms with Crippen molar-refractivity contribution in [3.8, 4) is 0 Å². The molecule has 0 saturated heterocycles. The Morgan fingerprint density at radius 1 is 1.40 bits per heavy atom. The van der Waals surface area contributed by atoms with E-state index in [-0.39, 0.29) is 17.3 Å². The number of sulfonamides is 1. The second-order valence-corrected chi connectivity index (χ2v) is 6.24. The quantitative estimate of drug-likeness (QED) is 0.695. The van der Waals surface area contributed by atoms with Crippen LogP contribution in [0.4, 0.5) is 0 Å². The molecular weight excluding hydrogens is 286 g/mol. The Bertz CT molecular complexity index is 577. The standard InChI is InChI=1S/C12H19NO6S/c1-4-12(5-2,7-14)13-20(17,18)10-6-9(11(15)16)19-8(10)3/h6,13-14H,4-5,7H2,1-3H3,(H,15,16). The third kappa shape index (κ3) is 3.20. The number of aliphatic hydroxyl groups excluding tert-OH is 1. The predicted molar refractivity (Wildman–Crippen MR) is 71.1 cm³/mol. The van der Waals surface area contributed by atoms with Crippen molar-refractivity contribution in [2.45, 2.75) is 44.0 Å². The average Bonchev–Trinajstić information content (AvgIpc) is 2.79. The molecule has 0 aliphatic carbocycles. The number of hydrogen-bond donors (Lipinski definition) is 3. The van der Waals surface area contributed by atoms with Gasteiger partial charge in [-0.2, -0.15) is 0 Å². The Kier molecular flexibility index (Phi) is 4.95. The summed E-state index contributed by atoms with van der Waals surface area (Å²) in [5.41, 5.74) is -0.966. The lowest BCUT2D eigenvalue weighted by atomic mass is 9.96. The largest absolute Gasteiger partial charge is 0.475 e. The zero-order valence-corrected chi connectivity index (χ0v) is 12.5. The Morgan fingerprint density at radius 3 is 2.30 bits per heavy atom. The predicted octanol–water partition coefficient (Wildman–Crippen LogP) is 1.12. The number of hydrogen-bond acceptors (Lipinski definition) is 5. The van der Waals surface area contributed by atoms with Crippen LogP contribution in [0.3, 0.4) is 0 Å². The van der Waals surface area contributed by atoms with Gasteiger partial charge in [-0.3, -0.25) is 0 Å². The van der Waals surface area contributed by atoms with Crippen LogP contribution in [0.25, 0.3) is 0 Å². The number of carboxylic acid groups (broad SMARTS) is 1. The van der Waals surface area contributed by atoms with Crippen LogP contribution in [0.2, 0.25) is 0 Å². The van der Waals surface area contributed by atoms with Crippen molar-refractivity contribution in [2.24, 2.45) is 0 Å². The van der Waals surface area contributed by atoms with Gasteiger partial charge in [-0.25, -0.2) is 17.9 Å². The van der Waals surface area contributed by atoms with Gasteiger partial charge in [-0.05, 0) is 19.8 Å². The number of furan rings is 1. The third-order valence-electron chi connectivity index (χ3n) is 3.38. The molecule has 1 aromatic heterocycles. The number of aromatic carboxylic acids is 1. The van der Waals surface area contributed by atoms with Crippen molar-refractivity contribution in [3.05, 3.63) is 17.6 Å². The molecule has 0 aromatic carbocycles. The van der Waals surface area contributed by atoms with Gasteiger partial charge < -0.3 is 14.6 Å². The summed E-state index contributed by atoms with van der Waals surface area (Å²) in [5.74, 6) is -1.78. The van der Waals surface area contributed by atoms with E-state index in [9.17, 15) is 18.3 Å². The fourth-order valence-corrected chi connectivity index (χ4v) is 3.54. The van der Waals surface area contributed by atoms with Gasteiger partial charge in [-0.1, -0.05) is 13.8 Å². The van der Waals surface area contributed by atoms with Gasteiger partial charge in [0.1, 0.15) is 10.7 Å². The van der Waals surface area contributed by atoms with Gasteiger partial charge in [0.25, 0.3) is 0 Å². The summed E-state index contributed by atoms with van der Waals surface area (Å²) in [6.45, 7) is 4.54. The van der Waals surface area contributed by atoms with Crippen LogP contribution in [0, 0.1) is 6.92 Å². The second-order valence-electron chi connectivity index (χ2n) is 4.59. The summed E-state index contributed by atoms with van der Waals surface area (Å²) in [5, 5.41) is 18.2. The topological polar surface area (TPSA) is 117 Å². The molecule has 7 nitrogen and oxygen atoms in total. The molecule has 0 fully saturated rings. The first-order valence-electron chi connectivity index (χ1n) is 6.20. The first kappa shape index (κ1) is 16.7. The van der Waals surface area contributed by atoms with Gasteiger partial charge >= 0.3 is 5.97 Å². The molecule has 0 saturated carbocycles. The third-order valence-corrected chi connectivity index (χ3v) is 5.07. The molecule has 3 N–H and O–H groups in total. The normalized spacial score (nSPS) is 12.6. The lowest BCUT2D eigenvalue weighted by Gasteiger charge is -2.30. The van der Waals surface area contributed by atoms with Gasteiger partial charge in [0.05, 0.1) is 12.1 Å². The van der Waals surface area contributed by atoms with Gasteiger partial charge in [0.2, 0.25) is 15.8 Å². The molecule has 0 amide bonds. The number of rotatable bonds is 7. The number of carboxylic acids is 1. The molecule has 0 spiro atoms. The molecule has 114 valence electrons. The summed E-state index contributed by atoms with van der Waals surface area (Å²) < 4.78 is 31.9. The molecule has 8 heteroatoms. The Labute approximate surface area is 117 Å². The highest BCUT2D eigenvalue weighted by Gasteiger charge is 2.33. The molecule has 0 radical (unpaired) electrons. The van der Waals surface area contributed by atoms with E-state index in [1.807, 2.05) is 0 Å². The smallest absolute Gasteiger partial charge is 0.371 e. The summed E-state index contributed by atoms with van der Waals surface area (Å²) >= 11 is 0. The summed E-state index contributed by atoms with van der Waals surface area (Å²) in [6, 6.07) is 0.966. The first-order chi connectivity index (χ1) is 9.21. The monoisotopic (exact) mass is 305 g/mol. The van der Waals surface area contributed by atoms with Gasteiger partial charge in [0.15, 0.2) is 0 Å². The molecule has 0 aliphatic heterocycles. The van der Waals surface area contributed by atoms with E-state index in [0.29, 0.717) is 12.8 Å². The SMILES string of the molecule is CCC(CC)(CO)NS(=O)(=O)c1cc(C(=O)O)oc1C. The van der Waals surface area contributed by atoms with Crippen LogP contribution in [0.15, 0.2) is 15.4 Å². The van der Waals surface area contributed by atoms with Crippen LogP contribution in [0.1, 0.15) is 43.0 Å². The van der Waals surface area contributed by atoms with E-state index in [2.05, 4.69) is 4.72 Å². The van der Waals surface area contributed by atoms with E-state index >= 15 is 0 Å². The zero-order chi connectivity index (χ0) is 15.6. The van der Waals surface area contributed by atoms with Crippen molar-refractivity contribution in [3.63, 3.8) is 0 Å². The van der Waals surface area contributed by atoms with E-state index in [1.165, 1.54) is 6.92 Å². The maximum atomic E-state index is 12.3. The van der Waals surface area contributed by atoms with Crippen molar-refractivity contribution in [2.75, 3.05) is 6.61 Å². The fourth-order valence-electron chi connectivity index (χ4n) is 1.83. The highest BCUT2D eigenvalue weighted by molar-refractivity contribution is 7.89. The molecule has 1 rings (SSSR count). The number of nitrogens with one attached hydrogen (secondary N) is 1. The highest BCUT2D eigenvalue weighted by atomic mass is 32.2. The van der Waals surface area contributed by atoms with E-state index in [4.69, 9.17) is 9.52 Å². The summed E-state index contributed by atoms with van der Waals surface area (Å²) in [6.07, 6.45) is 0.809. The zero-order valence-electron chi connectivity index (χ0n) is 11.6. The highest BCUT2D eigenvalue weighted by Crippen LogP contribution is 2.24. The molecule has 20 heavy (non-hydrogen) atoms. The minimum atomic E-state index is -3.96. The number of aliphatic hydroxyl groups is 1.